The minimum absolute atomic E-state index is 0.605. The van der Waals surface area contributed by atoms with Crippen LogP contribution in [0.4, 0.5) is 0 Å². The zero-order valence-corrected chi connectivity index (χ0v) is 10.8. The molecule has 0 radical (unpaired) electrons. The summed E-state index contributed by atoms with van der Waals surface area (Å²) in [6.45, 7) is 3.36. The van der Waals surface area contributed by atoms with Gasteiger partial charge >= 0.3 is 10.4 Å². The largest absolute Gasteiger partial charge is 0.394 e. The zero-order valence-electron chi connectivity index (χ0n) is 9.10. The standard InChI is InChI=1S/C10H13NS.H2O4S/c12-10-7-11(8-10)6-9-4-2-1-3-5-9;1-5(2,3)4/h1-5,10,12H,6-8H2;(H2,1,2,3,4). The summed E-state index contributed by atoms with van der Waals surface area (Å²) in [6, 6.07) is 10.6. The Morgan fingerprint density at radius 3 is 2.12 bits per heavy atom. The van der Waals surface area contributed by atoms with Crippen molar-refractivity contribution in [2.24, 2.45) is 0 Å². The van der Waals surface area contributed by atoms with E-state index in [0.29, 0.717) is 5.25 Å². The van der Waals surface area contributed by atoms with Crippen molar-refractivity contribution in [1.29, 1.82) is 0 Å². The Bertz CT molecular complexity index is 421. The minimum atomic E-state index is -4.67. The first-order valence-electron chi connectivity index (χ1n) is 4.99. The van der Waals surface area contributed by atoms with Crippen LogP contribution in [0, 0.1) is 0 Å². The Morgan fingerprint density at radius 1 is 1.24 bits per heavy atom. The van der Waals surface area contributed by atoms with Gasteiger partial charge in [-0.3, -0.25) is 14.0 Å². The number of nitrogens with zero attached hydrogens (tertiary/aromatic N) is 1. The van der Waals surface area contributed by atoms with Crippen LogP contribution in [0.15, 0.2) is 30.3 Å². The van der Waals surface area contributed by atoms with Crippen molar-refractivity contribution in [2.75, 3.05) is 13.1 Å². The third kappa shape index (κ3) is 7.35. The Labute approximate surface area is 106 Å². The van der Waals surface area contributed by atoms with Gasteiger partial charge in [-0.2, -0.15) is 21.0 Å². The van der Waals surface area contributed by atoms with Gasteiger partial charge in [0, 0.05) is 24.9 Å². The second-order valence-corrected chi connectivity index (χ2v) is 5.41. The Hall–Kier alpha value is -0.600. The van der Waals surface area contributed by atoms with Crippen LogP contribution < -0.4 is 0 Å². The zero-order chi connectivity index (χ0) is 12.9. The van der Waals surface area contributed by atoms with Gasteiger partial charge in [-0.25, -0.2) is 0 Å². The highest BCUT2D eigenvalue weighted by Gasteiger charge is 2.22. The fraction of sp³-hybridized carbons (Fsp3) is 0.400. The van der Waals surface area contributed by atoms with Crippen LogP contribution in [0.3, 0.4) is 0 Å². The van der Waals surface area contributed by atoms with Gasteiger partial charge in [0.05, 0.1) is 0 Å². The summed E-state index contributed by atoms with van der Waals surface area (Å²) in [5.41, 5.74) is 1.40. The lowest BCUT2D eigenvalue weighted by Gasteiger charge is -2.36. The maximum Gasteiger partial charge on any atom is 0.394 e. The average molecular weight is 277 g/mol. The van der Waals surface area contributed by atoms with Crippen molar-refractivity contribution >= 4 is 23.0 Å². The molecule has 0 amide bonds. The third-order valence-electron chi connectivity index (χ3n) is 2.19. The van der Waals surface area contributed by atoms with Crippen LogP contribution >= 0.6 is 12.6 Å². The number of thiol groups is 1. The summed E-state index contributed by atoms with van der Waals surface area (Å²) in [5.74, 6) is 0. The Kier molecular flexibility index (Phi) is 5.41. The molecule has 0 spiro atoms. The van der Waals surface area contributed by atoms with Gasteiger partial charge in [0.1, 0.15) is 0 Å². The predicted molar refractivity (Wildman–Crippen MR) is 68.7 cm³/mol. The van der Waals surface area contributed by atoms with Crippen LogP contribution in [-0.2, 0) is 16.9 Å². The van der Waals surface area contributed by atoms with Gasteiger partial charge in [-0.05, 0) is 5.56 Å². The summed E-state index contributed by atoms with van der Waals surface area (Å²) in [5, 5.41) is 0.605. The molecule has 5 nitrogen and oxygen atoms in total. The quantitative estimate of drug-likeness (QED) is 0.558. The summed E-state index contributed by atoms with van der Waals surface area (Å²) < 4.78 is 31.6. The minimum Gasteiger partial charge on any atom is -0.297 e. The van der Waals surface area contributed by atoms with E-state index in [0.717, 1.165) is 19.6 Å². The molecule has 0 aromatic heterocycles. The molecule has 2 N–H and O–H groups in total. The van der Waals surface area contributed by atoms with Gasteiger partial charge < -0.3 is 0 Å². The van der Waals surface area contributed by atoms with Gasteiger partial charge in [0.15, 0.2) is 0 Å². The lowest BCUT2D eigenvalue weighted by Crippen LogP contribution is -2.46. The van der Waals surface area contributed by atoms with Crippen molar-refractivity contribution in [2.45, 2.75) is 11.8 Å². The first-order valence-corrected chi connectivity index (χ1v) is 6.90. The second kappa shape index (κ2) is 6.36. The topological polar surface area (TPSA) is 77.8 Å². The molecule has 1 heterocycles. The summed E-state index contributed by atoms with van der Waals surface area (Å²) in [7, 11) is -4.67. The molecular weight excluding hydrogens is 262 g/mol. The fourth-order valence-corrected chi connectivity index (χ4v) is 1.98. The van der Waals surface area contributed by atoms with E-state index in [2.05, 4.69) is 47.9 Å². The molecule has 96 valence electrons. The maximum absolute atomic E-state index is 8.74. The van der Waals surface area contributed by atoms with Gasteiger partial charge in [0.25, 0.3) is 0 Å². The monoisotopic (exact) mass is 277 g/mol. The van der Waals surface area contributed by atoms with Crippen LogP contribution in [0.25, 0.3) is 0 Å². The highest BCUT2D eigenvalue weighted by molar-refractivity contribution is 7.81. The first kappa shape index (κ1) is 14.5. The van der Waals surface area contributed by atoms with E-state index in [1.54, 1.807) is 0 Å². The van der Waals surface area contributed by atoms with Crippen LogP contribution in [0.1, 0.15) is 5.56 Å². The van der Waals surface area contributed by atoms with E-state index in [9.17, 15) is 0 Å². The van der Waals surface area contributed by atoms with E-state index >= 15 is 0 Å². The lowest BCUT2D eigenvalue weighted by atomic mass is 10.1. The van der Waals surface area contributed by atoms with Crippen molar-refractivity contribution in [1.82, 2.24) is 4.90 Å². The second-order valence-electron chi connectivity index (χ2n) is 3.78. The molecule has 0 saturated carbocycles. The SMILES string of the molecule is O=S(=O)(O)O.SC1CN(Cc2ccccc2)C1. The Morgan fingerprint density at radius 2 is 1.71 bits per heavy atom. The lowest BCUT2D eigenvalue weighted by molar-refractivity contribution is 0.182. The summed E-state index contributed by atoms with van der Waals surface area (Å²) in [6.07, 6.45) is 0. The molecule has 0 atom stereocenters. The number of benzene rings is 1. The number of likely N-dealkylation sites (tertiary alicyclic amines) is 1. The van der Waals surface area contributed by atoms with Crippen LogP contribution in [-0.4, -0.2) is 40.8 Å². The molecule has 1 fully saturated rings. The molecule has 2 rings (SSSR count). The molecule has 1 aliphatic heterocycles. The molecule has 1 aromatic rings. The van der Waals surface area contributed by atoms with E-state index in [-0.39, 0.29) is 0 Å². The summed E-state index contributed by atoms with van der Waals surface area (Å²) >= 11 is 4.37. The number of hydrogen-bond donors (Lipinski definition) is 3. The van der Waals surface area contributed by atoms with Crippen LogP contribution in [0.2, 0.25) is 0 Å². The van der Waals surface area contributed by atoms with Gasteiger partial charge in [-0.15, -0.1) is 0 Å². The van der Waals surface area contributed by atoms with E-state index in [1.807, 2.05) is 0 Å². The van der Waals surface area contributed by atoms with Crippen molar-refractivity contribution in [3.63, 3.8) is 0 Å². The normalized spacial score (nSPS) is 16.9. The predicted octanol–water partition coefficient (Wildman–Crippen LogP) is 1.15. The molecule has 0 aliphatic carbocycles. The molecule has 1 aromatic carbocycles. The number of hydrogen-bond acceptors (Lipinski definition) is 4. The van der Waals surface area contributed by atoms with Gasteiger partial charge in [0.2, 0.25) is 0 Å². The van der Waals surface area contributed by atoms with Crippen molar-refractivity contribution < 1.29 is 17.5 Å². The smallest absolute Gasteiger partial charge is 0.297 e. The molecule has 0 bridgehead atoms. The molecule has 1 saturated heterocycles. The highest BCUT2D eigenvalue weighted by atomic mass is 32.3. The highest BCUT2D eigenvalue weighted by Crippen LogP contribution is 2.16. The molecule has 17 heavy (non-hydrogen) atoms. The molecular formula is C10H15NO4S2. The van der Waals surface area contributed by atoms with Crippen molar-refractivity contribution in [3.05, 3.63) is 35.9 Å². The Balaban J connectivity index is 0.000000249. The maximum atomic E-state index is 8.74. The number of rotatable bonds is 2. The fourth-order valence-electron chi connectivity index (χ4n) is 1.51. The molecule has 0 unspecified atom stereocenters. The molecule has 7 heteroatoms. The van der Waals surface area contributed by atoms with E-state index in [1.165, 1.54) is 5.56 Å². The van der Waals surface area contributed by atoms with E-state index < -0.39 is 10.4 Å². The van der Waals surface area contributed by atoms with E-state index in [4.69, 9.17) is 17.5 Å². The average Bonchev–Trinajstić information content (AvgIpc) is 2.14. The van der Waals surface area contributed by atoms with Gasteiger partial charge in [-0.1, -0.05) is 30.3 Å². The third-order valence-corrected chi connectivity index (χ3v) is 2.51. The molecule has 1 aliphatic rings. The first-order chi connectivity index (χ1) is 7.84. The summed E-state index contributed by atoms with van der Waals surface area (Å²) in [4.78, 5) is 2.41. The van der Waals surface area contributed by atoms with Crippen LogP contribution in [0.5, 0.6) is 0 Å². The van der Waals surface area contributed by atoms with Crippen molar-refractivity contribution in [3.8, 4) is 0 Å².